The summed E-state index contributed by atoms with van der Waals surface area (Å²) in [6.45, 7) is 3.83. The van der Waals surface area contributed by atoms with Crippen LogP contribution < -0.4 is 15.4 Å². The van der Waals surface area contributed by atoms with Crippen LogP contribution in [0.1, 0.15) is 0 Å². The van der Waals surface area contributed by atoms with Gasteiger partial charge in [0.25, 0.3) is 0 Å². The zero-order valence-electron chi connectivity index (χ0n) is 8.20. The van der Waals surface area contributed by atoms with Crippen LogP contribution in [0.2, 0.25) is 0 Å². The molecule has 0 saturated carbocycles. The standard InChI is InChI=1S/C11H16N2O/c1-2-4-11(5-3-1)14-7-6-13-10-8-12-9-10/h1-5,10,12-13H,6-9H2. The average molecular weight is 192 g/mol. The summed E-state index contributed by atoms with van der Waals surface area (Å²) >= 11 is 0. The molecule has 0 aliphatic carbocycles. The maximum absolute atomic E-state index is 5.54. The summed E-state index contributed by atoms with van der Waals surface area (Å²) in [7, 11) is 0. The number of para-hydroxylation sites is 1. The quantitative estimate of drug-likeness (QED) is 0.671. The summed E-state index contributed by atoms with van der Waals surface area (Å²) in [5.41, 5.74) is 0. The molecule has 1 fully saturated rings. The van der Waals surface area contributed by atoms with Gasteiger partial charge in [-0.05, 0) is 12.1 Å². The molecule has 0 radical (unpaired) electrons. The van der Waals surface area contributed by atoms with E-state index < -0.39 is 0 Å². The fourth-order valence-corrected chi connectivity index (χ4v) is 1.38. The topological polar surface area (TPSA) is 33.3 Å². The lowest BCUT2D eigenvalue weighted by atomic mass is 10.2. The Bertz CT molecular complexity index is 259. The Labute approximate surface area is 84.5 Å². The highest BCUT2D eigenvalue weighted by molar-refractivity contribution is 5.20. The van der Waals surface area contributed by atoms with E-state index in [9.17, 15) is 0 Å². The Morgan fingerprint density at radius 2 is 2.07 bits per heavy atom. The maximum Gasteiger partial charge on any atom is 0.119 e. The molecule has 0 spiro atoms. The molecule has 1 heterocycles. The number of ether oxygens (including phenoxy) is 1. The summed E-state index contributed by atoms with van der Waals surface area (Å²) < 4.78 is 5.54. The van der Waals surface area contributed by atoms with Gasteiger partial charge < -0.3 is 15.4 Å². The van der Waals surface area contributed by atoms with E-state index in [0.29, 0.717) is 6.04 Å². The van der Waals surface area contributed by atoms with Gasteiger partial charge in [0, 0.05) is 25.7 Å². The van der Waals surface area contributed by atoms with Crippen molar-refractivity contribution in [2.75, 3.05) is 26.2 Å². The number of hydrogen-bond acceptors (Lipinski definition) is 3. The van der Waals surface area contributed by atoms with Crippen LogP contribution in [0.4, 0.5) is 0 Å². The van der Waals surface area contributed by atoms with Gasteiger partial charge in [0.1, 0.15) is 12.4 Å². The van der Waals surface area contributed by atoms with E-state index in [4.69, 9.17) is 4.74 Å². The Balaban J connectivity index is 1.58. The predicted octanol–water partition coefficient (Wildman–Crippen LogP) is 0.627. The summed E-state index contributed by atoms with van der Waals surface area (Å²) in [5, 5.41) is 6.62. The summed E-state index contributed by atoms with van der Waals surface area (Å²) in [6.07, 6.45) is 0. The largest absolute Gasteiger partial charge is 0.492 e. The molecular formula is C11H16N2O. The Hall–Kier alpha value is -1.06. The van der Waals surface area contributed by atoms with Crippen molar-refractivity contribution in [3.05, 3.63) is 30.3 Å². The zero-order valence-corrected chi connectivity index (χ0v) is 8.20. The van der Waals surface area contributed by atoms with Gasteiger partial charge in [-0.2, -0.15) is 0 Å². The van der Waals surface area contributed by atoms with E-state index in [-0.39, 0.29) is 0 Å². The minimum absolute atomic E-state index is 0.648. The van der Waals surface area contributed by atoms with Crippen LogP contribution in [0.25, 0.3) is 0 Å². The minimum Gasteiger partial charge on any atom is -0.492 e. The lowest BCUT2D eigenvalue weighted by Crippen LogP contribution is -2.56. The number of hydrogen-bond donors (Lipinski definition) is 2. The highest BCUT2D eigenvalue weighted by Crippen LogP contribution is 2.07. The third-order valence-electron chi connectivity index (χ3n) is 2.33. The molecule has 1 aliphatic rings. The van der Waals surface area contributed by atoms with Gasteiger partial charge in [-0.1, -0.05) is 18.2 Å². The third-order valence-corrected chi connectivity index (χ3v) is 2.33. The van der Waals surface area contributed by atoms with E-state index in [0.717, 1.165) is 32.0 Å². The molecule has 1 aliphatic heterocycles. The number of rotatable bonds is 5. The minimum atomic E-state index is 0.648. The predicted molar refractivity (Wildman–Crippen MR) is 56.6 cm³/mol. The van der Waals surface area contributed by atoms with Crippen molar-refractivity contribution >= 4 is 0 Å². The molecule has 2 rings (SSSR count). The van der Waals surface area contributed by atoms with Crippen LogP contribution in [0.5, 0.6) is 5.75 Å². The molecule has 14 heavy (non-hydrogen) atoms. The molecule has 1 saturated heterocycles. The highest BCUT2D eigenvalue weighted by atomic mass is 16.5. The van der Waals surface area contributed by atoms with Crippen LogP contribution >= 0.6 is 0 Å². The maximum atomic E-state index is 5.54. The fraction of sp³-hybridized carbons (Fsp3) is 0.455. The first-order valence-corrected chi connectivity index (χ1v) is 5.07. The fourth-order valence-electron chi connectivity index (χ4n) is 1.38. The SMILES string of the molecule is c1ccc(OCCNC2CNC2)cc1. The van der Waals surface area contributed by atoms with Gasteiger partial charge in [0.05, 0.1) is 0 Å². The van der Waals surface area contributed by atoms with Crippen LogP contribution in [-0.2, 0) is 0 Å². The molecule has 0 bridgehead atoms. The van der Waals surface area contributed by atoms with Gasteiger partial charge in [-0.25, -0.2) is 0 Å². The smallest absolute Gasteiger partial charge is 0.119 e. The monoisotopic (exact) mass is 192 g/mol. The van der Waals surface area contributed by atoms with Crippen molar-refractivity contribution in [3.8, 4) is 5.75 Å². The molecule has 1 aromatic rings. The van der Waals surface area contributed by atoms with Crippen molar-refractivity contribution in [3.63, 3.8) is 0 Å². The summed E-state index contributed by atoms with van der Waals surface area (Å²) in [5.74, 6) is 0.945. The second-order valence-electron chi connectivity index (χ2n) is 3.47. The molecule has 0 atom stereocenters. The third kappa shape index (κ3) is 2.72. The molecule has 0 amide bonds. The average Bonchev–Trinajstić information content (AvgIpc) is 2.16. The first kappa shape index (κ1) is 9.49. The van der Waals surface area contributed by atoms with Crippen molar-refractivity contribution in [1.82, 2.24) is 10.6 Å². The zero-order chi connectivity index (χ0) is 9.64. The van der Waals surface area contributed by atoms with E-state index in [2.05, 4.69) is 10.6 Å². The second kappa shape index (κ2) is 4.98. The lowest BCUT2D eigenvalue weighted by molar-refractivity contribution is 0.285. The number of benzene rings is 1. The lowest BCUT2D eigenvalue weighted by Gasteiger charge is -2.28. The molecule has 0 aromatic heterocycles. The Kier molecular flexibility index (Phi) is 3.38. The first-order valence-electron chi connectivity index (χ1n) is 5.07. The van der Waals surface area contributed by atoms with E-state index in [1.54, 1.807) is 0 Å². The Morgan fingerprint density at radius 3 is 2.71 bits per heavy atom. The van der Waals surface area contributed by atoms with Gasteiger partial charge in [0.15, 0.2) is 0 Å². The van der Waals surface area contributed by atoms with E-state index in [1.807, 2.05) is 30.3 Å². The summed E-state index contributed by atoms with van der Waals surface area (Å²) in [4.78, 5) is 0. The van der Waals surface area contributed by atoms with Crippen molar-refractivity contribution < 1.29 is 4.74 Å². The van der Waals surface area contributed by atoms with Gasteiger partial charge >= 0.3 is 0 Å². The van der Waals surface area contributed by atoms with Crippen LogP contribution in [0.3, 0.4) is 0 Å². The van der Waals surface area contributed by atoms with Crippen LogP contribution in [0, 0.1) is 0 Å². The van der Waals surface area contributed by atoms with Crippen LogP contribution in [-0.4, -0.2) is 32.3 Å². The van der Waals surface area contributed by atoms with Crippen molar-refractivity contribution in [2.24, 2.45) is 0 Å². The Morgan fingerprint density at radius 1 is 1.29 bits per heavy atom. The molecule has 76 valence electrons. The molecule has 3 nitrogen and oxygen atoms in total. The second-order valence-corrected chi connectivity index (χ2v) is 3.47. The molecular weight excluding hydrogens is 176 g/mol. The number of nitrogens with one attached hydrogen (secondary N) is 2. The van der Waals surface area contributed by atoms with Crippen molar-refractivity contribution in [2.45, 2.75) is 6.04 Å². The van der Waals surface area contributed by atoms with Gasteiger partial charge in [-0.15, -0.1) is 0 Å². The highest BCUT2D eigenvalue weighted by Gasteiger charge is 2.14. The normalized spacial score (nSPS) is 16.3. The molecule has 2 N–H and O–H groups in total. The van der Waals surface area contributed by atoms with E-state index in [1.165, 1.54) is 0 Å². The van der Waals surface area contributed by atoms with Crippen LogP contribution in [0.15, 0.2) is 30.3 Å². The molecule has 0 unspecified atom stereocenters. The first-order chi connectivity index (χ1) is 6.95. The molecule has 1 aromatic carbocycles. The molecule has 3 heteroatoms. The van der Waals surface area contributed by atoms with Crippen molar-refractivity contribution in [1.29, 1.82) is 0 Å². The van der Waals surface area contributed by atoms with Gasteiger partial charge in [0.2, 0.25) is 0 Å². The van der Waals surface area contributed by atoms with E-state index >= 15 is 0 Å². The van der Waals surface area contributed by atoms with Gasteiger partial charge in [-0.3, -0.25) is 0 Å². The summed E-state index contributed by atoms with van der Waals surface area (Å²) in [6, 6.07) is 10.6.